The largest absolute Gasteiger partial charge is 0.389 e. The molecule has 0 amide bonds. The maximum atomic E-state index is 12.2. The number of benzene rings is 1. The third-order valence-electron chi connectivity index (χ3n) is 3.20. The highest BCUT2D eigenvalue weighted by atomic mass is 127. The van der Waals surface area contributed by atoms with E-state index in [4.69, 9.17) is 11.6 Å². The molecule has 2 aromatic rings. The van der Waals surface area contributed by atoms with Gasteiger partial charge in [-0.3, -0.25) is 0 Å². The highest BCUT2D eigenvalue weighted by Gasteiger charge is 2.25. The van der Waals surface area contributed by atoms with Gasteiger partial charge < -0.3 is 4.57 Å². The average Bonchev–Trinajstić information content (AvgIpc) is 2.71. The zero-order valence-corrected chi connectivity index (χ0v) is 14.2. The van der Waals surface area contributed by atoms with Gasteiger partial charge in [-0.2, -0.15) is 13.2 Å². The summed E-state index contributed by atoms with van der Waals surface area (Å²) < 4.78 is 39.6. The number of rotatable bonds is 6. The summed E-state index contributed by atoms with van der Waals surface area (Å²) in [5, 5.41) is 0. The van der Waals surface area contributed by atoms with Gasteiger partial charge in [-0.05, 0) is 53.6 Å². The molecule has 0 spiro atoms. The Bertz CT molecular complexity index is 610. The first-order chi connectivity index (χ1) is 9.90. The number of aromatic nitrogens is 2. The van der Waals surface area contributed by atoms with Gasteiger partial charge in [0.05, 0.1) is 11.0 Å². The van der Waals surface area contributed by atoms with Gasteiger partial charge in [-0.25, -0.2) is 4.98 Å². The SMILES string of the molecule is FC(F)(F)CCCCn1c(CCCl)nc2cc(I)ccc21. The lowest BCUT2D eigenvalue weighted by Gasteiger charge is -2.09. The van der Waals surface area contributed by atoms with Crippen LogP contribution in [0.15, 0.2) is 18.2 Å². The van der Waals surface area contributed by atoms with E-state index in [1.54, 1.807) is 0 Å². The summed E-state index contributed by atoms with van der Waals surface area (Å²) in [6, 6.07) is 5.91. The van der Waals surface area contributed by atoms with Crippen LogP contribution in [-0.2, 0) is 13.0 Å². The Morgan fingerprint density at radius 2 is 2.00 bits per heavy atom. The van der Waals surface area contributed by atoms with Crippen LogP contribution in [0.1, 0.15) is 25.1 Å². The maximum absolute atomic E-state index is 12.2. The van der Waals surface area contributed by atoms with Crippen LogP contribution in [-0.4, -0.2) is 21.6 Å². The summed E-state index contributed by atoms with van der Waals surface area (Å²) >= 11 is 8.00. The van der Waals surface area contributed by atoms with Crippen molar-refractivity contribution in [1.29, 1.82) is 0 Å². The van der Waals surface area contributed by atoms with Crippen molar-refractivity contribution in [3.05, 3.63) is 27.6 Å². The first-order valence-corrected chi connectivity index (χ1v) is 8.29. The number of nitrogens with zero attached hydrogens (tertiary/aromatic N) is 2. The van der Waals surface area contributed by atoms with Gasteiger partial charge in [0.15, 0.2) is 0 Å². The van der Waals surface area contributed by atoms with E-state index >= 15 is 0 Å². The molecule has 7 heteroatoms. The molecule has 0 N–H and O–H groups in total. The van der Waals surface area contributed by atoms with E-state index in [1.807, 2.05) is 22.8 Å². The molecule has 0 fully saturated rings. The normalized spacial score (nSPS) is 12.2. The molecule has 0 unspecified atom stereocenters. The molecular weight excluding hydrogens is 416 g/mol. The molecule has 1 heterocycles. The third kappa shape index (κ3) is 4.74. The molecule has 2 rings (SSSR count). The highest BCUT2D eigenvalue weighted by Crippen LogP contribution is 2.24. The van der Waals surface area contributed by atoms with Crippen LogP contribution in [0.25, 0.3) is 11.0 Å². The smallest absolute Gasteiger partial charge is 0.328 e. The van der Waals surface area contributed by atoms with Crippen LogP contribution >= 0.6 is 34.2 Å². The van der Waals surface area contributed by atoms with Gasteiger partial charge in [-0.1, -0.05) is 0 Å². The summed E-state index contributed by atoms with van der Waals surface area (Å²) in [5.74, 6) is 1.29. The van der Waals surface area contributed by atoms with Crippen molar-refractivity contribution in [3.8, 4) is 0 Å². The van der Waals surface area contributed by atoms with Crippen molar-refractivity contribution in [2.75, 3.05) is 5.88 Å². The lowest BCUT2D eigenvalue weighted by Crippen LogP contribution is -2.09. The molecule has 0 saturated heterocycles. The minimum atomic E-state index is -4.08. The number of hydrogen-bond donors (Lipinski definition) is 0. The topological polar surface area (TPSA) is 17.8 Å². The van der Waals surface area contributed by atoms with E-state index in [2.05, 4.69) is 27.6 Å². The second kappa shape index (κ2) is 7.17. The Kier molecular flexibility index (Phi) is 5.76. The molecular formula is C14H15ClF3IN2. The minimum absolute atomic E-state index is 0.133. The zero-order chi connectivity index (χ0) is 15.5. The van der Waals surface area contributed by atoms with Crippen LogP contribution in [0.4, 0.5) is 13.2 Å². The molecule has 1 aromatic heterocycles. The molecule has 0 saturated carbocycles. The van der Waals surface area contributed by atoms with Gasteiger partial charge in [0.25, 0.3) is 0 Å². The number of imidazole rings is 1. The molecule has 0 aliphatic carbocycles. The van der Waals surface area contributed by atoms with Gasteiger partial charge in [-0.15, -0.1) is 11.6 Å². The molecule has 0 radical (unpaired) electrons. The van der Waals surface area contributed by atoms with Gasteiger partial charge in [0.2, 0.25) is 0 Å². The summed E-state index contributed by atoms with van der Waals surface area (Å²) in [7, 11) is 0. The second-order valence-corrected chi connectivity index (χ2v) is 6.45. The molecule has 0 atom stereocenters. The van der Waals surface area contributed by atoms with Gasteiger partial charge in [0, 0.05) is 28.8 Å². The summed E-state index contributed by atoms with van der Waals surface area (Å²) in [5.41, 5.74) is 1.83. The van der Waals surface area contributed by atoms with Crippen molar-refractivity contribution < 1.29 is 13.2 Å². The quantitative estimate of drug-likeness (QED) is 0.352. The van der Waals surface area contributed by atoms with E-state index in [0.717, 1.165) is 20.4 Å². The number of hydrogen-bond acceptors (Lipinski definition) is 1. The monoisotopic (exact) mass is 430 g/mol. The van der Waals surface area contributed by atoms with Crippen molar-refractivity contribution in [2.24, 2.45) is 0 Å². The van der Waals surface area contributed by atoms with E-state index in [1.165, 1.54) is 0 Å². The van der Waals surface area contributed by atoms with Gasteiger partial charge >= 0.3 is 6.18 Å². The Balaban J connectivity index is 2.14. The third-order valence-corrected chi connectivity index (χ3v) is 4.06. The Labute approximate surface area is 139 Å². The fourth-order valence-electron chi connectivity index (χ4n) is 2.27. The zero-order valence-electron chi connectivity index (χ0n) is 11.3. The van der Waals surface area contributed by atoms with Crippen LogP contribution in [0.5, 0.6) is 0 Å². The Morgan fingerprint density at radius 1 is 1.24 bits per heavy atom. The van der Waals surface area contributed by atoms with Crippen LogP contribution in [0, 0.1) is 3.57 Å². The molecule has 0 aliphatic rings. The first kappa shape index (κ1) is 16.9. The standard InChI is InChI=1S/C14H15ClF3IN2/c15-7-5-13-20-11-9-10(19)3-4-12(11)21(13)8-2-1-6-14(16,17)18/h3-4,9H,1-2,5-8H2. The summed E-state index contributed by atoms with van der Waals surface area (Å²) in [4.78, 5) is 4.54. The number of aryl methyl sites for hydroxylation is 2. The average molecular weight is 431 g/mol. The molecule has 0 aliphatic heterocycles. The number of halogens is 5. The van der Waals surface area contributed by atoms with Crippen LogP contribution in [0.3, 0.4) is 0 Å². The van der Waals surface area contributed by atoms with E-state index in [-0.39, 0.29) is 6.42 Å². The molecule has 2 nitrogen and oxygen atoms in total. The lowest BCUT2D eigenvalue weighted by atomic mass is 10.2. The predicted octanol–water partition coefficient (Wildman–Crippen LogP) is 5.15. The fourth-order valence-corrected chi connectivity index (χ4v) is 2.92. The number of alkyl halides is 4. The summed E-state index contributed by atoms with van der Waals surface area (Å²) in [6.07, 6.45) is -3.58. The first-order valence-electron chi connectivity index (χ1n) is 6.68. The Morgan fingerprint density at radius 3 is 2.67 bits per heavy atom. The molecule has 1 aromatic carbocycles. The molecule has 0 bridgehead atoms. The van der Waals surface area contributed by atoms with Gasteiger partial charge in [0.1, 0.15) is 5.82 Å². The predicted molar refractivity (Wildman–Crippen MR) is 86.8 cm³/mol. The van der Waals surface area contributed by atoms with Crippen molar-refractivity contribution in [3.63, 3.8) is 0 Å². The maximum Gasteiger partial charge on any atom is 0.389 e. The Hall–Kier alpha value is -0.500. The fraction of sp³-hybridized carbons (Fsp3) is 0.500. The molecule has 21 heavy (non-hydrogen) atoms. The summed E-state index contributed by atoms with van der Waals surface area (Å²) in [6.45, 7) is 0.541. The highest BCUT2D eigenvalue weighted by molar-refractivity contribution is 14.1. The van der Waals surface area contributed by atoms with Crippen molar-refractivity contribution in [1.82, 2.24) is 9.55 Å². The van der Waals surface area contributed by atoms with Crippen molar-refractivity contribution in [2.45, 2.75) is 38.4 Å². The van der Waals surface area contributed by atoms with Crippen molar-refractivity contribution >= 4 is 45.2 Å². The number of fused-ring (bicyclic) bond motifs is 1. The van der Waals surface area contributed by atoms with Crippen LogP contribution in [0.2, 0.25) is 0 Å². The van der Waals surface area contributed by atoms with E-state index < -0.39 is 12.6 Å². The van der Waals surface area contributed by atoms with E-state index in [9.17, 15) is 13.2 Å². The van der Waals surface area contributed by atoms with E-state index in [0.29, 0.717) is 25.3 Å². The number of unbranched alkanes of at least 4 members (excludes halogenated alkanes) is 1. The lowest BCUT2D eigenvalue weighted by molar-refractivity contribution is -0.135. The second-order valence-electron chi connectivity index (χ2n) is 4.82. The van der Waals surface area contributed by atoms with Crippen LogP contribution < -0.4 is 0 Å². The molecule has 116 valence electrons. The minimum Gasteiger partial charge on any atom is -0.328 e.